The molecule has 1 amide bonds. The van der Waals surface area contributed by atoms with E-state index in [0.29, 0.717) is 5.75 Å². The van der Waals surface area contributed by atoms with Crippen molar-refractivity contribution >= 4 is 17.6 Å². The number of esters is 1. The molecule has 6 nitrogen and oxygen atoms in total. The first-order valence-corrected chi connectivity index (χ1v) is 8.15. The van der Waals surface area contributed by atoms with Crippen LogP contribution in [0.25, 0.3) is 0 Å². The topological polar surface area (TPSA) is 84.9 Å². The van der Waals surface area contributed by atoms with Crippen molar-refractivity contribution in [1.29, 1.82) is 0 Å². The molecule has 0 saturated heterocycles. The van der Waals surface area contributed by atoms with Gasteiger partial charge in [0.15, 0.2) is 6.61 Å². The van der Waals surface area contributed by atoms with Gasteiger partial charge in [0, 0.05) is 0 Å². The highest BCUT2D eigenvalue weighted by atomic mass is 16.5. The zero-order chi connectivity index (χ0) is 19.3. The lowest BCUT2D eigenvalue weighted by molar-refractivity contribution is -0.118. The third-order valence-corrected chi connectivity index (χ3v) is 3.78. The van der Waals surface area contributed by atoms with Gasteiger partial charge in [0.1, 0.15) is 11.5 Å². The number of ether oxygens (including phenoxy) is 2. The third kappa shape index (κ3) is 4.99. The molecule has 0 fully saturated rings. The lowest BCUT2D eigenvalue weighted by Gasteiger charge is -2.19. The molecule has 0 unspecified atom stereocenters. The largest absolute Gasteiger partial charge is 0.506 e. The van der Waals surface area contributed by atoms with Crippen LogP contribution in [0.15, 0.2) is 42.5 Å². The van der Waals surface area contributed by atoms with Crippen LogP contribution in [0.5, 0.6) is 11.5 Å². The van der Waals surface area contributed by atoms with E-state index < -0.39 is 11.9 Å². The molecule has 0 aliphatic heterocycles. The number of carbonyl (C=O) groups excluding carboxylic acids is 2. The number of hydrogen-bond donors (Lipinski definition) is 2. The Hall–Kier alpha value is -3.02. The molecule has 6 heteroatoms. The van der Waals surface area contributed by atoms with Gasteiger partial charge in [-0.2, -0.15) is 0 Å². The maximum atomic E-state index is 12.1. The summed E-state index contributed by atoms with van der Waals surface area (Å²) in [6.45, 7) is 6.12. The highest BCUT2D eigenvalue weighted by Crippen LogP contribution is 2.25. The molecule has 2 N–H and O–H groups in total. The van der Waals surface area contributed by atoms with Gasteiger partial charge in [-0.1, -0.05) is 32.9 Å². The quantitative estimate of drug-likeness (QED) is 0.632. The van der Waals surface area contributed by atoms with Gasteiger partial charge in [0.05, 0.1) is 18.4 Å². The van der Waals surface area contributed by atoms with Crippen LogP contribution < -0.4 is 10.1 Å². The van der Waals surface area contributed by atoms with Crippen molar-refractivity contribution in [3.63, 3.8) is 0 Å². The average Bonchev–Trinajstić information content (AvgIpc) is 2.60. The summed E-state index contributed by atoms with van der Waals surface area (Å²) in [6.07, 6.45) is 0. The second-order valence-corrected chi connectivity index (χ2v) is 6.83. The Morgan fingerprint density at radius 3 is 2.31 bits per heavy atom. The Balaban J connectivity index is 1.98. The van der Waals surface area contributed by atoms with Crippen molar-refractivity contribution in [2.45, 2.75) is 26.2 Å². The van der Waals surface area contributed by atoms with E-state index in [0.717, 1.165) is 0 Å². The number of hydrogen-bond acceptors (Lipinski definition) is 5. The predicted octanol–water partition coefficient (Wildman–Crippen LogP) is 3.49. The molecule has 0 radical (unpaired) electrons. The predicted molar refractivity (Wildman–Crippen MR) is 98.7 cm³/mol. The minimum atomic E-state index is -0.560. The zero-order valence-electron chi connectivity index (χ0n) is 15.3. The summed E-state index contributed by atoms with van der Waals surface area (Å²) in [5, 5.41) is 12.3. The van der Waals surface area contributed by atoms with E-state index in [1.54, 1.807) is 0 Å². The number of aromatic hydroxyl groups is 1. The third-order valence-electron chi connectivity index (χ3n) is 3.78. The summed E-state index contributed by atoms with van der Waals surface area (Å²) in [5.74, 6) is -0.598. The van der Waals surface area contributed by atoms with Gasteiger partial charge in [-0.05, 0) is 41.3 Å². The average molecular weight is 357 g/mol. The SMILES string of the molecule is COC(=O)c1ccc(O)c(NC(=O)COc2ccc(C(C)(C)C)cc2)c1. The molecule has 0 saturated carbocycles. The van der Waals surface area contributed by atoms with E-state index in [2.05, 4.69) is 30.8 Å². The number of rotatable bonds is 5. The van der Waals surface area contributed by atoms with E-state index in [-0.39, 0.29) is 29.0 Å². The smallest absolute Gasteiger partial charge is 0.337 e. The fraction of sp³-hybridized carbons (Fsp3) is 0.300. The molecule has 2 aromatic carbocycles. The van der Waals surface area contributed by atoms with Gasteiger partial charge >= 0.3 is 5.97 Å². The number of phenols is 1. The molecule has 0 atom stereocenters. The van der Waals surface area contributed by atoms with E-state index in [4.69, 9.17) is 4.74 Å². The number of anilines is 1. The number of nitrogens with one attached hydrogen (secondary N) is 1. The van der Waals surface area contributed by atoms with E-state index >= 15 is 0 Å². The second kappa shape index (κ2) is 7.91. The monoisotopic (exact) mass is 357 g/mol. The van der Waals surface area contributed by atoms with Crippen LogP contribution in [0.4, 0.5) is 5.69 Å². The first kappa shape index (κ1) is 19.3. The zero-order valence-corrected chi connectivity index (χ0v) is 15.3. The van der Waals surface area contributed by atoms with Gasteiger partial charge < -0.3 is 19.9 Å². The maximum absolute atomic E-state index is 12.1. The fourth-order valence-corrected chi connectivity index (χ4v) is 2.27. The molecule has 2 aromatic rings. The number of amides is 1. The van der Waals surface area contributed by atoms with Crippen molar-refractivity contribution in [3.05, 3.63) is 53.6 Å². The van der Waals surface area contributed by atoms with Crippen molar-refractivity contribution in [1.82, 2.24) is 0 Å². The van der Waals surface area contributed by atoms with Gasteiger partial charge in [-0.15, -0.1) is 0 Å². The van der Waals surface area contributed by atoms with Crippen molar-refractivity contribution in [2.75, 3.05) is 19.0 Å². The molecule has 138 valence electrons. The second-order valence-electron chi connectivity index (χ2n) is 6.83. The summed E-state index contributed by atoms with van der Waals surface area (Å²) in [5.41, 5.74) is 1.54. The van der Waals surface area contributed by atoms with Crippen LogP contribution in [0.3, 0.4) is 0 Å². The number of phenolic OH excluding ortho intramolecular Hbond substituents is 1. The maximum Gasteiger partial charge on any atom is 0.337 e. The Labute approximate surface area is 152 Å². The van der Waals surface area contributed by atoms with Gasteiger partial charge in [-0.25, -0.2) is 4.79 Å². The van der Waals surface area contributed by atoms with Gasteiger partial charge in [-0.3, -0.25) is 4.79 Å². The van der Waals surface area contributed by atoms with E-state index in [1.807, 2.05) is 24.3 Å². The van der Waals surface area contributed by atoms with E-state index in [1.165, 1.54) is 30.9 Å². The molecule has 2 rings (SSSR count). The Morgan fingerprint density at radius 2 is 1.73 bits per heavy atom. The first-order chi connectivity index (χ1) is 12.2. The molecule has 0 bridgehead atoms. The Kier molecular flexibility index (Phi) is 5.87. The van der Waals surface area contributed by atoms with Gasteiger partial charge in [0.25, 0.3) is 5.91 Å². The standard InChI is InChI=1S/C20H23NO5/c1-20(2,3)14-6-8-15(9-7-14)26-12-18(23)21-16-11-13(19(24)25-4)5-10-17(16)22/h5-11,22H,12H2,1-4H3,(H,21,23). The lowest BCUT2D eigenvalue weighted by Crippen LogP contribution is -2.20. The summed E-state index contributed by atoms with van der Waals surface area (Å²) >= 11 is 0. The number of methoxy groups -OCH3 is 1. The van der Waals surface area contributed by atoms with Crippen LogP contribution >= 0.6 is 0 Å². The van der Waals surface area contributed by atoms with Crippen LogP contribution in [0, 0.1) is 0 Å². The summed E-state index contributed by atoms with van der Waals surface area (Å²) in [7, 11) is 1.26. The molecule has 0 spiro atoms. The highest BCUT2D eigenvalue weighted by Gasteiger charge is 2.14. The van der Waals surface area contributed by atoms with Crippen LogP contribution in [-0.2, 0) is 14.9 Å². The molecule has 26 heavy (non-hydrogen) atoms. The Bertz CT molecular complexity index is 791. The minimum absolute atomic E-state index is 0.0398. The Morgan fingerprint density at radius 1 is 1.08 bits per heavy atom. The van der Waals surface area contributed by atoms with Crippen molar-refractivity contribution in [2.24, 2.45) is 0 Å². The van der Waals surface area contributed by atoms with Gasteiger partial charge in [0.2, 0.25) is 0 Å². The molecule has 0 aliphatic carbocycles. The van der Waals surface area contributed by atoms with Crippen LogP contribution in [0.1, 0.15) is 36.7 Å². The fourth-order valence-electron chi connectivity index (χ4n) is 2.27. The van der Waals surface area contributed by atoms with E-state index in [9.17, 15) is 14.7 Å². The van der Waals surface area contributed by atoms with Crippen LogP contribution in [-0.4, -0.2) is 30.7 Å². The van der Waals surface area contributed by atoms with Crippen molar-refractivity contribution < 1.29 is 24.2 Å². The summed E-state index contributed by atoms with van der Waals surface area (Å²) < 4.78 is 10.1. The normalized spacial score (nSPS) is 10.9. The molecular formula is C20H23NO5. The number of carbonyl (C=O) groups is 2. The van der Waals surface area contributed by atoms with Crippen molar-refractivity contribution in [3.8, 4) is 11.5 Å². The molecule has 0 aliphatic rings. The lowest BCUT2D eigenvalue weighted by atomic mass is 9.87. The first-order valence-electron chi connectivity index (χ1n) is 8.15. The summed E-state index contributed by atoms with van der Waals surface area (Å²) in [6, 6.07) is 11.6. The summed E-state index contributed by atoms with van der Waals surface area (Å²) in [4.78, 5) is 23.6. The molecule has 0 aromatic heterocycles. The highest BCUT2D eigenvalue weighted by molar-refractivity contribution is 5.96. The minimum Gasteiger partial charge on any atom is -0.506 e. The molecular weight excluding hydrogens is 334 g/mol. The molecule has 0 heterocycles. The van der Waals surface area contributed by atoms with Crippen LogP contribution in [0.2, 0.25) is 0 Å². The number of benzene rings is 2.